The third kappa shape index (κ3) is 4.82. The average molecular weight is 438 g/mol. The number of hydrogen-bond donors (Lipinski definition) is 0. The summed E-state index contributed by atoms with van der Waals surface area (Å²) in [6.07, 6.45) is 1.73. The predicted octanol–water partition coefficient (Wildman–Crippen LogP) is 2.66. The van der Waals surface area contributed by atoms with Crippen molar-refractivity contribution in [2.45, 2.75) is 38.2 Å². The Balaban J connectivity index is 1.61. The number of rotatable bonds is 7. The van der Waals surface area contributed by atoms with Gasteiger partial charge in [0.2, 0.25) is 15.9 Å². The maximum atomic E-state index is 12.5. The average Bonchev–Trinajstić information content (AvgIpc) is 3.39. The van der Waals surface area contributed by atoms with Crippen LogP contribution in [0.3, 0.4) is 0 Å². The summed E-state index contributed by atoms with van der Waals surface area (Å²) in [5, 5.41) is 2.29. The Morgan fingerprint density at radius 2 is 1.86 bits per heavy atom. The number of anilines is 1. The zero-order valence-electron chi connectivity index (χ0n) is 16.3. The molecule has 0 bridgehead atoms. The van der Waals surface area contributed by atoms with E-state index in [1.165, 1.54) is 51.7 Å². The van der Waals surface area contributed by atoms with Gasteiger partial charge < -0.3 is 4.74 Å². The topological polar surface area (TPSA) is 96.9 Å². The second kappa shape index (κ2) is 9.02. The van der Waals surface area contributed by atoms with Gasteiger partial charge in [-0.05, 0) is 44.0 Å². The van der Waals surface area contributed by atoms with Crippen molar-refractivity contribution in [3.8, 4) is 0 Å². The molecule has 10 heteroatoms. The Bertz CT molecular complexity index is 980. The number of sulfonamides is 1. The van der Waals surface area contributed by atoms with Gasteiger partial charge in [0, 0.05) is 31.9 Å². The summed E-state index contributed by atoms with van der Waals surface area (Å²) in [4.78, 5) is 29.9. The van der Waals surface area contributed by atoms with E-state index in [-0.39, 0.29) is 23.0 Å². The first kappa shape index (κ1) is 21.4. The lowest BCUT2D eigenvalue weighted by atomic mass is 10.2. The van der Waals surface area contributed by atoms with Gasteiger partial charge in [-0.15, -0.1) is 11.3 Å². The summed E-state index contributed by atoms with van der Waals surface area (Å²) in [6, 6.07) is 5.76. The van der Waals surface area contributed by atoms with Crippen LogP contribution in [0.4, 0.5) is 5.13 Å². The predicted molar refractivity (Wildman–Crippen MR) is 109 cm³/mol. The van der Waals surface area contributed by atoms with Gasteiger partial charge >= 0.3 is 5.97 Å². The molecule has 0 radical (unpaired) electrons. The van der Waals surface area contributed by atoms with Crippen LogP contribution in [0.25, 0.3) is 0 Å². The number of esters is 1. The lowest BCUT2D eigenvalue weighted by molar-refractivity contribution is -0.116. The lowest BCUT2D eigenvalue weighted by Crippen LogP contribution is -2.27. The third-order valence-corrected chi connectivity index (χ3v) is 7.44. The molecule has 29 heavy (non-hydrogen) atoms. The van der Waals surface area contributed by atoms with Gasteiger partial charge in [-0.1, -0.05) is 0 Å². The Labute approximate surface area is 174 Å². The molecule has 1 aromatic carbocycles. The number of amides is 1. The van der Waals surface area contributed by atoms with E-state index in [1.54, 1.807) is 5.38 Å². The van der Waals surface area contributed by atoms with Crippen LogP contribution in [-0.4, -0.2) is 49.2 Å². The molecule has 156 valence electrons. The number of ether oxygens (including phenoxy) is 1. The highest BCUT2D eigenvalue weighted by Crippen LogP contribution is 2.23. The van der Waals surface area contributed by atoms with E-state index >= 15 is 0 Å². The zero-order chi connectivity index (χ0) is 21.0. The number of carbonyl (C=O) groups is 2. The van der Waals surface area contributed by atoms with E-state index < -0.39 is 16.0 Å². The van der Waals surface area contributed by atoms with E-state index in [9.17, 15) is 18.0 Å². The van der Waals surface area contributed by atoms with Crippen molar-refractivity contribution in [1.82, 2.24) is 9.29 Å². The Morgan fingerprint density at radius 1 is 1.21 bits per heavy atom. The minimum Gasteiger partial charge on any atom is -0.456 e. The molecular formula is C19H23N3O5S2. The highest BCUT2D eigenvalue weighted by molar-refractivity contribution is 7.89. The quantitative estimate of drug-likeness (QED) is 0.618. The van der Waals surface area contributed by atoms with Crippen LogP contribution in [0.2, 0.25) is 0 Å². The fourth-order valence-electron chi connectivity index (χ4n) is 3.04. The zero-order valence-corrected chi connectivity index (χ0v) is 18.0. The van der Waals surface area contributed by atoms with E-state index in [0.29, 0.717) is 30.5 Å². The fraction of sp³-hybridized carbons (Fsp3) is 0.421. The monoisotopic (exact) mass is 437 g/mol. The van der Waals surface area contributed by atoms with Crippen LogP contribution in [0, 0.1) is 0 Å². The molecule has 0 spiro atoms. The van der Waals surface area contributed by atoms with E-state index in [0.717, 1.165) is 12.8 Å². The molecule has 2 aromatic rings. The lowest BCUT2D eigenvalue weighted by Gasteiger charge is -2.15. The van der Waals surface area contributed by atoms with Gasteiger partial charge in [-0.25, -0.2) is 18.2 Å². The number of aromatic nitrogens is 1. The first-order valence-corrected chi connectivity index (χ1v) is 11.6. The number of carbonyl (C=O) groups excluding carboxylic acids is 2. The van der Waals surface area contributed by atoms with Gasteiger partial charge in [-0.3, -0.25) is 9.69 Å². The largest absolute Gasteiger partial charge is 0.456 e. The number of thiazole rings is 1. The summed E-state index contributed by atoms with van der Waals surface area (Å²) >= 11 is 1.31. The van der Waals surface area contributed by atoms with Crippen LogP contribution >= 0.6 is 11.3 Å². The number of hydrogen-bond acceptors (Lipinski definition) is 7. The first-order chi connectivity index (χ1) is 13.8. The van der Waals surface area contributed by atoms with Gasteiger partial charge in [0.15, 0.2) is 5.13 Å². The van der Waals surface area contributed by atoms with Crippen molar-refractivity contribution in [2.24, 2.45) is 0 Å². The van der Waals surface area contributed by atoms with Crippen molar-refractivity contribution in [2.75, 3.05) is 24.5 Å². The molecule has 0 atom stereocenters. The maximum Gasteiger partial charge on any atom is 0.338 e. The molecule has 1 saturated heterocycles. The van der Waals surface area contributed by atoms with Crippen molar-refractivity contribution < 1.29 is 22.7 Å². The second-order valence-electron chi connectivity index (χ2n) is 6.60. The molecule has 1 aromatic heterocycles. The third-order valence-electron chi connectivity index (χ3n) is 4.61. The molecule has 1 fully saturated rings. The van der Waals surface area contributed by atoms with Crippen LogP contribution in [0.15, 0.2) is 34.5 Å². The van der Waals surface area contributed by atoms with Gasteiger partial charge in [0.05, 0.1) is 16.2 Å². The molecular weight excluding hydrogens is 414 g/mol. The summed E-state index contributed by atoms with van der Waals surface area (Å²) in [7, 11) is -3.51. The summed E-state index contributed by atoms with van der Waals surface area (Å²) in [6.45, 7) is 4.86. The smallest absolute Gasteiger partial charge is 0.338 e. The molecule has 0 aliphatic carbocycles. The van der Waals surface area contributed by atoms with Crippen LogP contribution in [-0.2, 0) is 26.2 Å². The van der Waals surface area contributed by atoms with Crippen molar-refractivity contribution >= 4 is 38.4 Å². The number of benzene rings is 1. The fourth-order valence-corrected chi connectivity index (χ4v) is 5.48. The van der Waals surface area contributed by atoms with E-state index in [4.69, 9.17) is 4.74 Å². The van der Waals surface area contributed by atoms with Gasteiger partial charge in [0.1, 0.15) is 6.61 Å². The molecule has 2 heterocycles. The van der Waals surface area contributed by atoms with Crippen LogP contribution in [0.1, 0.15) is 42.7 Å². The maximum absolute atomic E-state index is 12.5. The first-order valence-electron chi connectivity index (χ1n) is 9.32. The molecule has 0 N–H and O–H groups in total. The summed E-state index contributed by atoms with van der Waals surface area (Å²) < 4.78 is 31.8. The SMILES string of the molecule is CCN(C(C)=O)c1nc(COC(=O)c2ccc(S(=O)(=O)N3CCCC3)cc2)cs1. The second-order valence-corrected chi connectivity index (χ2v) is 9.37. The van der Waals surface area contributed by atoms with Crippen molar-refractivity contribution in [3.05, 3.63) is 40.9 Å². The van der Waals surface area contributed by atoms with E-state index in [2.05, 4.69) is 4.98 Å². The molecule has 1 aliphatic rings. The summed E-state index contributed by atoms with van der Waals surface area (Å²) in [5.74, 6) is -0.669. The Kier molecular flexibility index (Phi) is 6.66. The van der Waals surface area contributed by atoms with Crippen molar-refractivity contribution in [3.63, 3.8) is 0 Å². The standard InChI is InChI=1S/C19H23N3O5S2/c1-3-22(14(2)23)19-20-16(13-28-19)12-27-18(24)15-6-8-17(9-7-15)29(25,26)21-10-4-5-11-21/h6-9,13H,3-5,10-12H2,1-2H3. The van der Waals surface area contributed by atoms with Crippen molar-refractivity contribution in [1.29, 1.82) is 0 Å². The molecule has 8 nitrogen and oxygen atoms in total. The minimum absolute atomic E-state index is 0.0291. The van der Waals surface area contributed by atoms with Crippen LogP contribution < -0.4 is 4.90 Å². The summed E-state index contributed by atoms with van der Waals surface area (Å²) in [5.41, 5.74) is 0.811. The molecule has 3 rings (SSSR count). The molecule has 1 amide bonds. The molecule has 0 saturated carbocycles. The molecule has 0 unspecified atom stereocenters. The highest BCUT2D eigenvalue weighted by atomic mass is 32.2. The van der Waals surface area contributed by atoms with Gasteiger partial charge in [-0.2, -0.15) is 4.31 Å². The molecule has 1 aliphatic heterocycles. The Hall–Kier alpha value is -2.30. The van der Waals surface area contributed by atoms with E-state index in [1.807, 2.05) is 6.92 Å². The normalized spacial score (nSPS) is 14.7. The number of nitrogens with zero attached hydrogens (tertiary/aromatic N) is 3. The minimum atomic E-state index is -3.51. The van der Waals surface area contributed by atoms with Gasteiger partial charge in [0.25, 0.3) is 0 Å². The Morgan fingerprint density at radius 3 is 2.45 bits per heavy atom. The van der Waals surface area contributed by atoms with Crippen LogP contribution in [0.5, 0.6) is 0 Å². The highest BCUT2D eigenvalue weighted by Gasteiger charge is 2.27.